The van der Waals surface area contributed by atoms with Crippen molar-refractivity contribution in [3.05, 3.63) is 11.6 Å². The van der Waals surface area contributed by atoms with E-state index in [0.717, 1.165) is 0 Å². The molecule has 0 aromatic heterocycles. The molecule has 6 nitrogen and oxygen atoms in total. The number of esters is 1. The lowest BCUT2D eigenvalue weighted by atomic mass is 9.44. The number of carbonyl (C=O) groups excluding carboxylic acids is 3. The third kappa shape index (κ3) is 3.07. The van der Waals surface area contributed by atoms with Gasteiger partial charge in [-0.05, 0) is 61.5 Å². The van der Waals surface area contributed by atoms with E-state index in [2.05, 4.69) is 0 Å². The average molecular weight is 471 g/mol. The highest BCUT2D eigenvalue weighted by Gasteiger charge is 2.71. The number of hydrogen-bond donors (Lipinski definition) is 2. The molecule has 8 unspecified atom stereocenters. The van der Waals surface area contributed by atoms with Crippen LogP contribution in [-0.4, -0.2) is 58.1 Å². The summed E-state index contributed by atoms with van der Waals surface area (Å²) in [6, 6.07) is 0. The van der Waals surface area contributed by atoms with Crippen LogP contribution in [0.1, 0.15) is 58.8 Å². The summed E-state index contributed by atoms with van der Waals surface area (Å²) in [5.41, 5.74) is -3.03. The minimum absolute atomic E-state index is 0.106. The second kappa shape index (κ2) is 8.17. The molecule has 0 bridgehead atoms. The van der Waals surface area contributed by atoms with E-state index in [1.54, 1.807) is 6.92 Å². The Kier molecular flexibility index (Phi) is 6.09. The molecule has 0 aliphatic heterocycles. The van der Waals surface area contributed by atoms with Crippen molar-refractivity contribution in [2.75, 3.05) is 12.5 Å². The molecule has 0 heterocycles. The summed E-state index contributed by atoms with van der Waals surface area (Å²) in [7, 11) is 0. The van der Waals surface area contributed by atoms with E-state index in [4.69, 9.17) is 16.3 Å². The first-order chi connectivity index (χ1) is 15.1. The molecule has 3 fully saturated rings. The van der Waals surface area contributed by atoms with Crippen molar-refractivity contribution in [2.24, 2.45) is 28.6 Å². The summed E-state index contributed by atoms with van der Waals surface area (Å²) in [6.07, 6.45) is 0.701. The Balaban J connectivity index is 1.80. The minimum atomic E-state index is -1.45. The summed E-state index contributed by atoms with van der Waals surface area (Å²) in [5.74, 6) is -2.29. The molecule has 0 spiro atoms. The number of alkyl halides is 2. The van der Waals surface area contributed by atoms with E-state index in [1.165, 1.54) is 6.08 Å². The van der Waals surface area contributed by atoms with Crippen molar-refractivity contribution in [3.63, 3.8) is 0 Å². The molecule has 0 amide bonds. The Bertz CT molecular complexity index is 859. The SMILES string of the molecule is CCC(=O)OC1(C(=O)CCl)CCC2C3CC(F)C4=CC(=O)CCC4(CO)C3C(O)CC21C. The van der Waals surface area contributed by atoms with E-state index in [-0.39, 0.29) is 68.0 Å². The van der Waals surface area contributed by atoms with Gasteiger partial charge in [0.1, 0.15) is 6.17 Å². The highest BCUT2D eigenvalue weighted by Crippen LogP contribution is 2.68. The summed E-state index contributed by atoms with van der Waals surface area (Å²) in [5, 5.41) is 21.9. The normalized spacial score (nSPS) is 45.4. The van der Waals surface area contributed by atoms with E-state index >= 15 is 4.39 Å². The van der Waals surface area contributed by atoms with Gasteiger partial charge in [0.15, 0.2) is 17.2 Å². The van der Waals surface area contributed by atoms with Crippen LogP contribution in [0, 0.1) is 28.6 Å². The van der Waals surface area contributed by atoms with Crippen molar-refractivity contribution in [2.45, 2.75) is 76.7 Å². The number of aliphatic hydroxyl groups excluding tert-OH is 2. The fraction of sp³-hybridized carbons (Fsp3) is 0.792. The van der Waals surface area contributed by atoms with Gasteiger partial charge in [0.05, 0.1) is 18.6 Å². The number of hydrogen-bond acceptors (Lipinski definition) is 6. The van der Waals surface area contributed by atoms with Crippen molar-refractivity contribution in [3.8, 4) is 0 Å². The van der Waals surface area contributed by atoms with Gasteiger partial charge in [0.25, 0.3) is 0 Å². The maximum Gasteiger partial charge on any atom is 0.306 e. The highest BCUT2D eigenvalue weighted by atomic mass is 35.5. The quantitative estimate of drug-likeness (QED) is 0.473. The maximum absolute atomic E-state index is 15.5. The predicted octanol–water partition coefficient (Wildman–Crippen LogP) is 2.91. The molecular weight excluding hydrogens is 439 g/mol. The number of ether oxygens (including phenoxy) is 1. The summed E-state index contributed by atoms with van der Waals surface area (Å²) < 4.78 is 21.3. The molecule has 2 N–H and O–H groups in total. The van der Waals surface area contributed by atoms with Gasteiger partial charge < -0.3 is 14.9 Å². The van der Waals surface area contributed by atoms with Crippen LogP contribution in [0.5, 0.6) is 0 Å². The third-order valence-corrected chi connectivity index (χ3v) is 9.41. The van der Waals surface area contributed by atoms with Crippen molar-refractivity contribution < 1.29 is 33.7 Å². The summed E-state index contributed by atoms with van der Waals surface area (Å²) in [6.45, 7) is 3.16. The number of fused-ring (bicyclic) bond motifs is 5. The molecule has 0 aromatic carbocycles. The van der Waals surface area contributed by atoms with Gasteiger partial charge >= 0.3 is 5.97 Å². The van der Waals surface area contributed by atoms with Crippen molar-refractivity contribution >= 4 is 29.1 Å². The fourth-order valence-corrected chi connectivity index (χ4v) is 8.01. The van der Waals surface area contributed by atoms with Crippen LogP contribution in [0.2, 0.25) is 0 Å². The van der Waals surface area contributed by atoms with Gasteiger partial charge in [-0.15, -0.1) is 11.6 Å². The zero-order valence-electron chi connectivity index (χ0n) is 18.6. The largest absolute Gasteiger partial charge is 0.450 e. The number of ketones is 2. The molecule has 0 radical (unpaired) electrons. The Morgan fingerprint density at radius 3 is 2.69 bits per heavy atom. The molecule has 4 aliphatic carbocycles. The average Bonchev–Trinajstić information content (AvgIpc) is 3.05. The second-order valence-corrected chi connectivity index (χ2v) is 10.6. The smallest absolute Gasteiger partial charge is 0.306 e. The van der Waals surface area contributed by atoms with Crippen molar-refractivity contribution in [1.29, 1.82) is 0 Å². The van der Waals surface area contributed by atoms with Crippen LogP contribution in [0.4, 0.5) is 4.39 Å². The molecule has 8 atom stereocenters. The topological polar surface area (TPSA) is 101 Å². The monoisotopic (exact) mass is 470 g/mol. The first-order valence-corrected chi connectivity index (χ1v) is 12.1. The maximum atomic E-state index is 15.5. The van der Waals surface area contributed by atoms with Gasteiger partial charge in [-0.25, -0.2) is 4.39 Å². The third-order valence-electron chi connectivity index (χ3n) is 9.17. The Hall–Kier alpha value is -1.31. The zero-order chi connectivity index (χ0) is 23.5. The lowest BCUT2D eigenvalue weighted by Crippen LogP contribution is -2.65. The molecule has 3 saturated carbocycles. The van der Waals surface area contributed by atoms with Crippen LogP contribution < -0.4 is 0 Å². The molecule has 4 rings (SSSR count). The number of aliphatic hydroxyl groups is 2. The minimum Gasteiger partial charge on any atom is -0.450 e. The zero-order valence-corrected chi connectivity index (χ0v) is 19.4. The van der Waals surface area contributed by atoms with E-state index in [9.17, 15) is 24.6 Å². The Morgan fingerprint density at radius 1 is 1.34 bits per heavy atom. The van der Waals surface area contributed by atoms with E-state index in [0.29, 0.717) is 18.4 Å². The van der Waals surface area contributed by atoms with Gasteiger partial charge in [-0.3, -0.25) is 14.4 Å². The van der Waals surface area contributed by atoms with Crippen LogP contribution >= 0.6 is 11.6 Å². The van der Waals surface area contributed by atoms with Gasteiger partial charge in [0, 0.05) is 23.7 Å². The van der Waals surface area contributed by atoms with E-state index < -0.39 is 40.6 Å². The number of Topliss-reactive ketones (excluding diaryl/α,β-unsaturated/α-hetero) is 1. The number of rotatable bonds is 5. The van der Waals surface area contributed by atoms with Crippen LogP contribution in [0.25, 0.3) is 0 Å². The number of carbonyl (C=O) groups is 3. The Morgan fingerprint density at radius 2 is 2.06 bits per heavy atom. The first kappa shape index (κ1) is 23.8. The van der Waals surface area contributed by atoms with Crippen LogP contribution in [-0.2, 0) is 19.1 Å². The number of halogens is 2. The van der Waals surface area contributed by atoms with Crippen LogP contribution in [0.15, 0.2) is 11.6 Å². The van der Waals surface area contributed by atoms with Gasteiger partial charge in [0.2, 0.25) is 0 Å². The van der Waals surface area contributed by atoms with E-state index in [1.807, 2.05) is 6.92 Å². The predicted molar refractivity (Wildman–Crippen MR) is 115 cm³/mol. The molecular formula is C24H32ClFO6. The molecule has 32 heavy (non-hydrogen) atoms. The van der Waals surface area contributed by atoms with Crippen LogP contribution in [0.3, 0.4) is 0 Å². The molecule has 0 saturated heterocycles. The molecule has 178 valence electrons. The lowest BCUT2D eigenvalue weighted by molar-refractivity contribution is -0.204. The van der Waals surface area contributed by atoms with Gasteiger partial charge in [-0.2, -0.15) is 0 Å². The summed E-state index contributed by atoms with van der Waals surface area (Å²) in [4.78, 5) is 37.5. The molecule has 0 aromatic rings. The first-order valence-electron chi connectivity index (χ1n) is 11.6. The van der Waals surface area contributed by atoms with Crippen molar-refractivity contribution in [1.82, 2.24) is 0 Å². The van der Waals surface area contributed by atoms with Gasteiger partial charge in [-0.1, -0.05) is 13.8 Å². The Labute approximate surface area is 192 Å². The fourth-order valence-electron chi connectivity index (χ4n) is 7.79. The molecule has 8 heteroatoms. The summed E-state index contributed by atoms with van der Waals surface area (Å²) >= 11 is 5.95. The highest BCUT2D eigenvalue weighted by molar-refractivity contribution is 6.29. The lowest BCUT2D eigenvalue weighted by Gasteiger charge is -2.61. The molecule has 4 aliphatic rings. The second-order valence-electron chi connectivity index (χ2n) is 10.3. The standard InChI is InChI=1S/C24H32ClFO6/c1-3-20(31)32-24(19(30)11-25)7-5-15-14-9-17(26)16-8-13(28)4-6-23(16,12-27)21(14)18(29)10-22(15,24)2/h8,14-15,17-18,21,27,29H,3-7,9-12H2,1-2H3.